The van der Waals surface area contributed by atoms with Crippen LogP contribution in [-0.4, -0.2) is 21.1 Å². The second-order valence-electron chi connectivity index (χ2n) is 4.67. The van der Waals surface area contributed by atoms with Crippen molar-refractivity contribution in [2.24, 2.45) is 0 Å². The third-order valence-corrected chi connectivity index (χ3v) is 3.30. The lowest BCUT2D eigenvalue weighted by Crippen LogP contribution is -2.22. The molecule has 3 rings (SSSR count). The molecule has 2 aromatic carbocycles. The highest BCUT2D eigenvalue weighted by atomic mass is 16.6. The summed E-state index contributed by atoms with van der Waals surface area (Å²) in [5, 5.41) is 22.8. The number of carbonyl (C=O) groups is 1. The maximum absolute atomic E-state index is 12.1. The van der Waals surface area contributed by atoms with E-state index in [1.54, 1.807) is 24.3 Å². The van der Waals surface area contributed by atoms with Gasteiger partial charge in [0.15, 0.2) is 0 Å². The predicted molar refractivity (Wildman–Crippen MR) is 76.7 cm³/mol. The Labute approximate surface area is 125 Å². The molecule has 0 saturated heterocycles. The number of carbonyl (C=O) groups excluding carboxylic acids is 1. The molecule has 22 heavy (non-hydrogen) atoms. The minimum absolute atomic E-state index is 0.0769. The van der Waals surface area contributed by atoms with Crippen molar-refractivity contribution < 1.29 is 19.4 Å². The molecule has 0 spiro atoms. The Morgan fingerprint density at radius 2 is 1.59 bits per heavy atom. The second kappa shape index (κ2) is 5.25. The molecule has 1 aliphatic heterocycles. The lowest BCUT2D eigenvalue weighted by atomic mass is 10.1. The summed E-state index contributed by atoms with van der Waals surface area (Å²) in [5.74, 6) is -0.841. The fourth-order valence-corrected chi connectivity index (χ4v) is 2.31. The Hall–Kier alpha value is -3.28. The number of nitro groups is 1. The van der Waals surface area contributed by atoms with Crippen LogP contribution in [0.1, 0.15) is 5.56 Å². The SMILES string of the molecule is O=C1C=C([O-])C(c2ccccc2)=[N+]1c1ccc([N+](=O)[O-])cc1. The molecule has 1 heterocycles. The molecule has 1 aliphatic rings. The Morgan fingerprint density at radius 3 is 2.18 bits per heavy atom. The van der Waals surface area contributed by atoms with Gasteiger partial charge in [-0.2, -0.15) is 0 Å². The molecule has 0 N–H and O–H groups in total. The lowest BCUT2D eigenvalue weighted by molar-refractivity contribution is -0.385. The van der Waals surface area contributed by atoms with Crippen LogP contribution in [-0.2, 0) is 4.79 Å². The summed E-state index contributed by atoms with van der Waals surface area (Å²) in [6.07, 6.45) is 1.02. The van der Waals surface area contributed by atoms with Crippen LogP contribution < -0.4 is 5.11 Å². The van der Waals surface area contributed by atoms with E-state index in [1.165, 1.54) is 28.8 Å². The van der Waals surface area contributed by atoms with E-state index in [-0.39, 0.29) is 17.2 Å². The van der Waals surface area contributed by atoms with Crippen molar-refractivity contribution in [2.45, 2.75) is 0 Å². The Kier molecular flexibility index (Phi) is 3.27. The third kappa shape index (κ3) is 2.26. The van der Waals surface area contributed by atoms with Gasteiger partial charge in [0.1, 0.15) is 0 Å². The van der Waals surface area contributed by atoms with E-state index in [1.807, 2.05) is 6.07 Å². The highest BCUT2D eigenvalue weighted by Crippen LogP contribution is 2.23. The molecule has 0 unspecified atom stereocenters. The van der Waals surface area contributed by atoms with Crippen molar-refractivity contribution in [2.75, 3.05) is 0 Å². The van der Waals surface area contributed by atoms with Crippen molar-refractivity contribution >= 4 is 23.0 Å². The molecule has 0 aliphatic carbocycles. The predicted octanol–water partition coefficient (Wildman–Crippen LogP) is 1.51. The van der Waals surface area contributed by atoms with Gasteiger partial charge >= 0.3 is 5.91 Å². The van der Waals surface area contributed by atoms with E-state index in [0.717, 1.165) is 6.08 Å². The molecule has 1 amide bonds. The number of hydrogen-bond acceptors (Lipinski definition) is 4. The van der Waals surface area contributed by atoms with Gasteiger partial charge in [-0.25, -0.2) is 4.79 Å². The summed E-state index contributed by atoms with van der Waals surface area (Å²) in [7, 11) is 0. The summed E-state index contributed by atoms with van der Waals surface area (Å²) < 4.78 is 1.27. The number of benzene rings is 2. The van der Waals surface area contributed by atoms with Crippen LogP contribution >= 0.6 is 0 Å². The number of rotatable bonds is 3. The number of hydrogen-bond donors (Lipinski definition) is 0. The van der Waals surface area contributed by atoms with E-state index >= 15 is 0 Å². The average Bonchev–Trinajstić information content (AvgIpc) is 2.82. The maximum atomic E-state index is 12.1. The first kappa shape index (κ1) is 13.7. The molecule has 0 aromatic heterocycles. The number of nitro benzene ring substituents is 1. The summed E-state index contributed by atoms with van der Waals surface area (Å²) in [5.41, 5.74) is 1.20. The Balaban J connectivity index is 2.15. The van der Waals surface area contributed by atoms with Crippen LogP contribution in [0.25, 0.3) is 0 Å². The van der Waals surface area contributed by atoms with Crippen LogP contribution in [0.3, 0.4) is 0 Å². The quantitative estimate of drug-likeness (QED) is 0.488. The molecule has 0 bridgehead atoms. The van der Waals surface area contributed by atoms with E-state index in [4.69, 9.17) is 0 Å². The Bertz CT molecular complexity index is 821. The number of allylic oxidation sites excluding steroid dienone is 1. The van der Waals surface area contributed by atoms with Crippen LogP contribution in [0.15, 0.2) is 66.4 Å². The molecular formula is C16H10N2O4. The zero-order valence-electron chi connectivity index (χ0n) is 11.3. The van der Waals surface area contributed by atoms with Crippen molar-refractivity contribution in [1.29, 1.82) is 0 Å². The number of non-ortho nitro benzene ring substituents is 1. The van der Waals surface area contributed by atoms with E-state index in [9.17, 15) is 20.0 Å². The molecule has 6 heteroatoms. The lowest BCUT2D eigenvalue weighted by Gasteiger charge is -2.07. The fourth-order valence-electron chi connectivity index (χ4n) is 2.31. The highest BCUT2D eigenvalue weighted by molar-refractivity contribution is 6.16. The summed E-state index contributed by atoms with van der Waals surface area (Å²) >= 11 is 0. The van der Waals surface area contributed by atoms with Gasteiger partial charge < -0.3 is 5.11 Å². The van der Waals surface area contributed by atoms with Crippen molar-refractivity contribution in [3.05, 3.63) is 82.1 Å². The smallest absolute Gasteiger partial charge is 0.418 e. The number of amides is 1. The van der Waals surface area contributed by atoms with E-state index in [2.05, 4.69) is 0 Å². The standard InChI is InChI=1S/C16H10N2O4/c19-14-10-15(20)17(16(14)11-4-2-1-3-5-11)12-6-8-13(9-7-12)18(21)22/h1-10H. The first-order valence-corrected chi connectivity index (χ1v) is 6.48. The topological polar surface area (TPSA) is 86.3 Å². The third-order valence-electron chi connectivity index (χ3n) is 3.30. The molecule has 0 fully saturated rings. The largest absolute Gasteiger partial charge is 0.868 e. The zero-order valence-corrected chi connectivity index (χ0v) is 11.3. The van der Waals surface area contributed by atoms with Crippen LogP contribution in [0.2, 0.25) is 0 Å². The van der Waals surface area contributed by atoms with Crippen molar-refractivity contribution in [1.82, 2.24) is 0 Å². The van der Waals surface area contributed by atoms with Gasteiger partial charge in [-0.3, -0.25) is 10.1 Å². The number of nitrogens with zero attached hydrogens (tertiary/aromatic N) is 2. The van der Waals surface area contributed by atoms with Gasteiger partial charge in [0.25, 0.3) is 5.69 Å². The summed E-state index contributed by atoms with van der Waals surface area (Å²) in [6.45, 7) is 0. The molecule has 108 valence electrons. The van der Waals surface area contributed by atoms with Crippen LogP contribution in [0.5, 0.6) is 0 Å². The molecular weight excluding hydrogens is 284 g/mol. The Morgan fingerprint density at radius 1 is 0.955 bits per heavy atom. The fraction of sp³-hybridized carbons (Fsp3) is 0. The maximum Gasteiger partial charge on any atom is 0.418 e. The normalized spacial score (nSPS) is 14.2. The van der Waals surface area contributed by atoms with Gasteiger partial charge in [0.2, 0.25) is 11.4 Å². The molecule has 0 saturated carbocycles. The monoisotopic (exact) mass is 294 g/mol. The van der Waals surface area contributed by atoms with Crippen LogP contribution in [0, 0.1) is 10.1 Å². The summed E-state index contributed by atoms with van der Waals surface area (Å²) in [6, 6.07) is 14.3. The second-order valence-corrected chi connectivity index (χ2v) is 4.67. The highest BCUT2D eigenvalue weighted by Gasteiger charge is 2.31. The molecule has 0 atom stereocenters. The molecule has 0 radical (unpaired) electrons. The van der Waals surface area contributed by atoms with Gasteiger partial charge in [-0.05, 0) is 17.9 Å². The first-order chi connectivity index (χ1) is 10.6. The van der Waals surface area contributed by atoms with Gasteiger partial charge in [0, 0.05) is 29.8 Å². The van der Waals surface area contributed by atoms with Gasteiger partial charge in [-0.15, -0.1) is 4.58 Å². The minimum Gasteiger partial charge on any atom is -0.868 e. The van der Waals surface area contributed by atoms with E-state index < -0.39 is 10.8 Å². The average molecular weight is 294 g/mol. The van der Waals surface area contributed by atoms with Crippen molar-refractivity contribution in [3.63, 3.8) is 0 Å². The molecule has 6 nitrogen and oxygen atoms in total. The summed E-state index contributed by atoms with van der Waals surface area (Å²) in [4.78, 5) is 22.3. The molecule has 2 aromatic rings. The minimum atomic E-state index is -0.519. The van der Waals surface area contributed by atoms with Crippen LogP contribution in [0.4, 0.5) is 11.4 Å². The van der Waals surface area contributed by atoms with Gasteiger partial charge in [-0.1, -0.05) is 18.2 Å². The van der Waals surface area contributed by atoms with E-state index in [0.29, 0.717) is 11.3 Å². The van der Waals surface area contributed by atoms with Gasteiger partial charge in [0.05, 0.1) is 11.0 Å². The van der Waals surface area contributed by atoms with Crippen molar-refractivity contribution in [3.8, 4) is 0 Å². The first-order valence-electron chi connectivity index (χ1n) is 6.48. The zero-order chi connectivity index (χ0) is 15.7.